The summed E-state index contributed by atoms with van der Waals surface area (Å²) >= 11 is 0. The zero-order valence-corrected chi connectivity index (χ0v) is 8.82. The van der Waals surface area contributed by atoms with Gasteiger partial charge in [0.25, 0.3) is 0 Å². The van der Waals surface area contributed by atoms with Gasteiger partial charge in [0.2, 0.25) is 0 Å². The minimum atomic E-state index is 0.183. The number of methoxy groups -OCH3 is 1. The summed E-state index contributed by atoms with van der Waals surface area (Å²) in [6.07, 6.45) is 2.12. The molecule has 1 aliphatic heterocycles. The summed E-state index contributed by atoms with van der Waals surface area (Å²) < 4.78 is 11.0. The Morgan fingerprint density at radius 1 is 1.53 bits per heavy atom. The van der Waals surface area contributed by atoms with Gasteiger partial charge in [0.1, 0.15) is 0 Å². The number of ether oxygens (including phenoxy) is 2. The van der Waals surface area contributed by atoms with E-state index in [1.807, 2.05) is 12.1 Å². The maximum Gasteiger partial charge on any atom is 0.164 e. The van der Waals surface area contributed by atoms with Crippen LogP contribution in [0, 0.1) is 0 Å². The van der Waals surface area contributed by atoms with Gasteiger partial charge >= 0.3 is 0 Å². The molecule has 2 atom stereocenters. The van der Waals surface area contributed by atoms with Crippen LogP contribution in [-0.2, 0) is 5.41 Å². The number of hydrogen-bond acceptors (Lipinski definition) is 3. The molecule has 3 nitrogen and oxygen atoms in total. The van der Waals surface area contributed by atoms with Gasteiger partial charge in [-0.3, -0.25) is 0 Å². The molecular weight excluding hydrogens is 190 g/mol. The molecule has 15 heavy (non-hydrogen) atoms. The third-order valence-corrected chi connectivity index (χ3v) is 3.66. The minimum Gasteiger partial charge on any atom is -0.493 e. The second-order valence-electron chi connectivity index (χ2n) is 4.40. The predicted molar refractivity (Wildman–Crippen MR) is 57.4 cm³/mol. The quantitative estimate of drug-likeness (QED) is 0.754. The summed E-state index contributed by atoms with van der Waals surface area (Å²) in [6, 6.07) is 6.36. The molecule has 0 bridgehead atoms. The lowest BCUT2D eigenvalue weighted by Gasteiger charge is -2.27. The van der Waals surface area contributed by atoms with Crippen molar-refractivity contribution in [3.8, 4) is 11.5 Å². The summed E-state index contributed by atoms with van der Waals surface area (Å²) in [5.41, 5.74) is 7.46. The molecule has 1 aliphatic carbocycles. The summed E-state index contributed by atoms with van der Waals surface area (Å²) in [7, 11) is 1.67. The van der Waals surface area contributed by atoms with Gasteiger partial charge in [0, 0.05) is 17.0 Å². The number of para-hydroxylation sites is 1. The predicted octanol–water partition coefficient (Wildman–Crippen LogP) is 1.45. The fourth-order valence-corrected chi connectivity index (χ4v) is 2.62. The monoisotopic (exact) mass is 205 g/mol. The van der Waals surface area contributed by atoms with Crippen molar-refractivity contribution in [3.63, 3.8) is 0 Å². The van der Waals surface area contributed by atoms with Gasteiger partial charge in [0.05, 0.1) is 13.7 Å². The van der Waals surface area contributed by atoms with Crippen LogP contribution < -0.4 is 15.2 Å². The van der Waals surface area contributed by atoms with Crippen molar-refractivity contribution in [2.75, 3.05) is 13.7 Å². The van der Waals surface area contributed by atoms with Crippen molar-refractivity contribution < 1.29 is 9.47 Å². The molecule has 1 heterocycles. The molecular formula is C12H15NO2. The van der Waals surface area contributed by atoms with Crippen molar-refractivity contribution in [2.45, 2.75) is 24.3 Å². The van der Waals surface area contributed by atoms with E-state index in [9.17, 15) is 0 Å². The van der Waals surface area contributed by atoms with E-state index in [0.29, 0.717) is 6.04 Å². The topological polar surface area (TPSA) is 44.5 Å². The van der Waals surface area contributed by atoms with Crippen molar-refractivity contribution in [1.82, 2.24) is 0 Å². The van der Waals surface area contributed by atoms with Gasteiger partial charge in [-0.15, -0.1) is 0 Å². The molecule has 2 unspecified atom stereocenters. The number of fused-ring (bicyclic) bond motifs is 2. The Morgan fingerprint density at radius 3 is 3.00 bits per heavy atom. The third kappa shape index (κ3) is 1.10. The van der Waals surface area contributed by atoms with Gasteiger partial charge in [0.15, 0.2) is 11.5 Å². The molecule has 0 radical (unpaired) electrons. The lowest BCUT2D eigenvalue weighted by atomic mass is 9.89. The lowest BCUT2D eigenvalue weighted by Crippen LogP contribution is -2.26. The Morgan fingerprint density at radius 2 is 2.33 bits per heavy atom. The molecule has 1 aromatic rings. The molecule has 0 aromatic heterocycles. The van der Waals surface area contributed by atoms with Crippen LogP contribution in [0.3, 0.4) is 0 Å². The summed E-state index contributed by atoms with van der Waals surface area (Å²) in [5, 5.41) is 0. The zero-order valence-electron chi connectivity index (χ0n) is 8.82. The van der Waals surface area contributed by atoms with Gasteiger partial charge in [-0.25, -0.2) is 0 Å². The highest BCUT2D eigenvalue weighted by Crippen LogP contribution is 2.56. The Hall–Kier alpha value is -1.22. The van der Waals surface area contributed by atoms with Crippen LogP contribution in [0.15, 0.2) is 18.2 Å². The first kappa shape index (κ1) is 9.04. The van der Waals surface area contributed by atoms with Crippen LogP contribution in [0.5, 0.6) is 11.5 Å². The number of benzene rings is 1. The van der Waals surface area contributed by atoms with Gasteiger partial charge < -0.3 is 15.2 Å². The average Bonchev–Trinajstić information content (AvgIpc) is 2.90. The highest BCUT2D eigenvalue weighted by atomic mass is 16.5. The van der Waals surface area contributed by atoms with E-state index in [4.69, 9.17) is 15.2 Å². The second-order valence-corrected chi connectivity index (χ2v) is 4.40. The summed E-state index contributed by atoms with van der Waals surface area (Å²) in [6.45, 7) is 0.751. The van der Waals surface area contributed by atoms with E-state index in [1.54, 1.807) is 7.11 Å². The molecule has 1 fully saturated rings. The Bertz CT molecular complexity index is 405. The van der Waals surface area contributed by atoms with Crippen molar-refractivity contribution in [1.29, 1.82) is 0 Å². The first-order valence-corrected chi connectivity index (χ1v) is 5.34. The Kier molecular flexibility index (Phi) is 1.74. The van der Waals surface area contributed by atoms with E-state index in [1.165, 1.54) is 5.56 Å². The van der Waals surface area contributed by atoms with Gasteiger partial charge in [-0.05, 0) is 18.9 Å². The molecule has 3 rings (SSSR count). The number of hydrogen-bond donors (Lipinski definition) is 1. The molecule has 0 amide bonds. The van der Waals surface area contributed by atoms with Crippen LogP contribution in [0.1, 0.15) is 18.4 Å². The maximum absolute atomic E-state index is 6.04. The molecule has 0 saturated heterocycles. The fourth-order valence-electron chi connectivity index (χ4n) is 2.62. The Labute approximate surface area is 89.2 Å². The highest BCUT2D eigenvalue weighted by Gasteiger charge is 2.56. The molecule has 1 spiro atoms. The van der Waals surface area contributed by atoms with Gasteiger partial charge in [-0.2, -0.15) is 0 Å². The largest absolute Gasteiger partial charge is 0.493 e. The smallest absolute Gasteiger partial charge is 0.164 e. The minimum absolute atomic E-state index is 0.183. The van der Waals surface area contributed by atoms with Crippen LogP contribution in [0.2, 0.25) is 0 Å². The van der Waals surface area contributed by atoms with E-state index < -0.39 is 0 Å². The molecule has 1 saturated carbocycles. The van der Waals surface area contributed by atoms with E-state index in [2.05, 4.69) is 6.07 Å². The van der Waals surface area contributed by atoms with Gasteiger partial charge in [-0.1, -0.05) is 12.1 Å². The van der Waals surface area contributed by atoms with Crippen molar-refractivity contribution >= 4 is 0 Å². The van der Waals surface area contributed by atoms with Crippen LogP contribution in [0.25, 0.3) is 0 Å². The highest BCUT2D eigenvalue weighted by molar-refractivity contribution is 5.55. The van der Waals surface area contributed by atoms with Crippen LogP contribution in [0.4, 0.5) is 0 Å². The zero-order chi connectivity index (χ0) is 10.5. The lowest BCUT2D eigenvalue weighted by molar-refractivity contribution is 0.243. The summed E-state index contributed by atoms with van der Waals surface area (Å²) in [5.74, 6) is 1.73. The SMILES string of the molecule is COc1cccc2c1OCCC21CC1N. The van der Waals surface area contributed by atoms with Crippen molar-refractivity contribution in [2.24, 2.45) is 5.73 Å². The van der Waals surface area contributed by atoms with Crippen molar-refractivity contribution in [3.05, 3.63) is 23.8 Å². The fraction of sp³-hybridized carbons (Fsp3) is 0.500. The normalized spacial score (nSPS) is 32.0. The Balaban J connectivity index is 2.13. The van der Waals surface area contributed by atoms with E-state index >= 15 is 0 Å². The summed E-state index contributed by atoms with van der Waals surface area (Å²) in [4.78, 5) is 0. The van der Waals surface area contributed by atoms with Crippen LogP contribution >= 0.6 is 0 Å². The molecule has 80 valence electrons. The first-order chi connectivity index (χ1) is 7.28. The average molecular weight is 205 g/mol. The second kappa shape index (κ2) is 2.89. The molecule has 2 aliphatic rings. The maximum atomic E-state index is 6.04. The van der Waals surface area contributed by atoms with E-state index in [-0.39, 0.29) is 5.41 Å². The number of nitrogens with two attached hydrogens (primary N) is 1. The number of rotatable bonds is 1. The third-order valence-electron chi connectivity index (χ3n) is 3.66. The van der Waals surface area contributed by atoms with E-state index in [0.717, 1.165) is 30.9 Å². The molecule has 1 aromatic carbocycles. The first-order valence-electron chi connectivity index (χ1n) is 5.34. The standard InChI is InChI=1S/C12H15NO2/c1-14-9-4-2-3-8-11(9)15-6-5-12(8)7-10(12)13/h2-4,10H,5-7,13H2,1H3. The molecule has 2 N–H and O–H groups in total. The van der Waals surface area contributed by atoms with Crippen LogP contribution in [-0.4, -0.2) is 19.8 Å². The molecule has 3 heteroatoms.